The largest absolute Gasteiger partial charge is 0.280 e. The molecule has 1 aliphatic rings. The lowest BCUT2D eigenvalue weighted by Crippen LogP contribution is -2.20. The van der Waals surface area contributed by atoms with E-state index in [4.69, 9.17) is 0 Å². The van der Waals surface area contributed by atoms with Gasteiger partial charge in [0.25, 0.3) is 20.0 Å². The molecule has 2 N–H and O–H groups in total. The van der Waals surface area contributed by atoms with Crippen LogP contribution in [0.2, 0.25) is 0 Å². The number of anilines is 2. The minimum atomic E-state index is -3.96. The van der Waals surface area contributed by atoms with Crippen LogP contribution in [0.5, 0.6) is 0 Å². The van der Waals surface area contributed by atoms with Crippen LogP contribution in [0.1, 0.15) is 69.7 Å². The summed E-state index contributed by atoms with van der Waals surface area (Å²) >= 11 is 0. The average Bonchev–Trinajstić information content (AvgIpc) is 3.43. The van der Waals surface area contributed by atoms with E-state index in [1.165, 1.54) is 30.3 Å². The van der Waals surface area contributed by atoms with E-state index < -0.39 is 25.5 Å². The zero-order valence-corrected chi connectivity index (χ0v) is 22.7. The molecule has 1 saturated carbocycles. The van der Waals surface area contributed by atoms with Crippen molar-refractivity contribution in [2.24, 2.45) is 0 Å². The lowest BCUT2D eigenvalue weighted by molar-refractivity contribution is 0.448. The van der Waals surface area contributed by atoms with Crippen molar-refractivity contribution in [3.8, 4) is 0 Å². The summed E-state index contributed by atoms with van der Waals surface area (Å²) in [5.74, 6) is 0.613. The molecule has 0 bridgehead atoms. The van der Waals surface area contributed by atoms with E-state index in [-0.39, 0.29) is 27.3 Å². The molecule has 12 heteroatoms. The molecule has 194 valence electrons. The van der Waals surface area contributed by atoms with E-state index in [0.717, 1.165) is 25.7 Å². The van der Waals surface area contributed by atoms with Crippen molar-refractivity contribution in [3.05, 3.63) is 53.7 Å². The van der Waals surface area contributed by atoms with E-state index in [9.17, 15) is 16.8 Å². The molecule has 2 heterocycles. The van der Waals surface area contributed by atoms with Crippen molar-refractivity contribution in [1.29, 1.82) is 0 Å². The maximum Gasteiger partial charge on any atom is 0.265 e. The summed E-state index contributed by atoms with van der Waals surface area (Å²) in [7, 11) is -7.88. The van der Waals surface area contributed by atoms with Crippen LogP contribution >= 0.6 is 0 Å². The fourth-order valence-corrected chi connectivity index (χ4v) is 6.72. The first-order valence-corrected chi connectivity index (χ1v) is 14.8. The van der Waals surface area contributed by atoms with Crippen molar-refractivity contribution in [2.75, 3.05) is 9.44 Å². The van der Waals surface area contributed by atoms with Gasteiger partial charge in [-0.05, 0) is 51.0 Å². The van der Waals surface area contributed by atoms with Crippen molar-refractivity contribution in [1.82, 2.24) is 19.7 Å². The zero-order valence-electron chi connectivity index (χ0n) is 21.1. The Hall–Kier alpha value is -2.99. The first kappa shape index (κ1) is 26.1. The van der Waals surface area contributed by atoms with Gasteiger partial charge in [0, 0.05) is 29.1 Å². The summed E-state index contributed by atoms with van der Waals surface area (Å²) in [6.07, 6.45) is 5.80. The molecular formula is C24H32N6O4S2. The molecule has 0 saturated heterocycles. The van der Waals surface area contributed by atoms with Crippen molar-refractivity contribution >= 4 is 31.6 Å². The van der Waals surface area contributed by atoms with Crippen LogP contribution in [-0.2, 0) is 25.5 Å². The third-order valence-electron chi connectivity index (χ3n) is 6.02. The average molecular weight is 533 g/mol. The van der Waals surface area contributed by atoms with Crippen LogP contribution in [0.3, 0.4) is 0 Å². The molecule has 36 heavy (non-hydrogen) atoms. The summed E-state index contributed by atoms with van der Waals surface area (Å²) in [5, 5.41) is 4.67. The van der Waals surface area contributed by atoms with E-state index in [1.807, 2.05) is 20.8 Å². The fourth-order valence-electron chi connectivity index (χ4n) is 4.33. The second-order valence-electron chi connectivity index (χ2n) is 10.2. The predicted octanol–water partition coefficient (Wildman–Crippen LogP) is 4.30. The fraction of sp³-hybridized carbons (Fsp3) is 0.458. The van der Waals surface area contributed by atoms with Crippen molar-refractivity contribution in [2.45, 2.75) is 81.5 Å². The number of aryl methyl sites for hydroxylation is 2. The van der Waals surface area contributed by atoms with Gasteiger partial charge in [-0.1, -0.05) is 33.6 Å². The Morgan fingerprint density at radius 2 is 1.56 bits per heavy atom. The van der Waals surface area contributed by atoms with Crippen molar-refractivity contribution < 1.29 is 16.8 Å². The highest BCUT2D eigenvalue weighted by atomic mass is 32.2. The lowest BCUT2D eigenvalue weighted by Gasteiger charge is -2.18. The minimum absolute atomic E-state index is 0.0243. The molecule has 4 rings (SSSR count). The Labute approximate surface area is 212 Å². The van der Waals surface area contributed by atoms with Crippen LogP contribution in [0.25, 0.3) is 0 Å². The number of hydrogen-bond acceptors (Lipinski definition) is 7. The van der Waals surface area contributed by atoms with Gasteiger partial charge < -0.3 is 0 Å². The standard InChI is InChI=1S/C24H32N6O4S2/c1-16-14-22(26-17(2)25-16)29-35(31,32)20-12-10-18(11-13-20)28-36(33,34)21-15-30(19-8-6-7-9-19)27-23(21)24(3,4)5/h10-15,19,28H,6-9H2,1-5H3,(H,25,26,29). The highest BCUT2D eigenvalue weighted by Gasteiger charge is 2.32. The van der Waals surface area contributed by atoms with E-state index in [0.29, 0.717) is 17.2 Å². The third-order valence-corrected chi connectivity index (χ3v) is 8.77. The zero-order chi connectivity index (χ0) is 26.3. The van der Waals surface area contributed by atoms with Gasteiger partial charge in [-0.25, -0.2) is 26.8 Å². The number of benzene rings is 1. The van der Waals surface area contributed by atoms with E-state index in [2.05, 4.69) is 24.5 Å². The van der Waals surface area contributed by atoms with Crippen LogP contribution < -0.4 is 9.44 Å². The van der Waals surface area contributed by atoms with Gasteiger partial charge in [-0.3, -0.25) is 14.1 Å². The monoisotopic (exact) mass is 532 g/mol. The number of nitrogens with zero attached hydrogens (tertiary/aromatic N) is 4. The number of aromatic nitrogens is 4. The molecule has 0 atom stereocenters. The van der Waals surface area contributed by atoms with E-state index in [1.54, 1.807) is 24.7 Å². The Morgan fingerprint density at radius 3 is 2.14 bits per heavy atom. The summed E-state index contributed by atoms with van der Waals surface area (Å²) in [5.41, 5.74) is 0.905. The van der Waals surface area contributed by atoms with Crippen LogP contribution in [0.4, 0.5) is 11.5 Å². The Balaban J connectivity index is 1.57. The number of hydrogen-bond donors (Lipinski definition) is 2. The molecule has 1 fully saturated rings. The topological polar surface area (TPSA) is 136 Å². The maximum atomic E-state index is 13.4. The molecule has 0 unspecified atom stereocenters. The molecule has 3 aromatic rings. The predicted molar refractivity (Wildman–Crippen MR) is 138 cm³/mol. The molecule has 0 radical (unpaired) electrons. The Morgan fingerprint density at radius 1 is 0.917 bits per heavy atom. The Kier molecular flexibility index (Phi) is 6.86. The van der Waals surface area contributed by atoms with Gasteiger partial charge in [-0.2, -0.15) is 5.10 Å². The lowest BCUT2D eigenvalue weighted by atomic mass is 9.92. The molecule has 0 amide bonds. The first-order valence-electron chi connectivity index (χ1n) is 11.8. The second-order valence-corrected chi connectivity index (χ2v) is 13.5. The SMILES string of the molecule is Cc1cc(NS(=O)(=O)c2ccc(NS(=O)(=O)c3cn(C4CCCC4)nc3C(C)(C)C)cc2)nc(C)n1. The number of sulfonamides is 2. The quantitative estimate of drug-likeness (QED) is 0.463. The summed E-state index contributed by atoms with van der Waals surface area (Å²) in [6, 6.07) is 7.25. The van der Waals surface area contributed by atoms with Crippen molar-refractivity contribution in [3.63, 3.8) is 0 Å². The highest BCUT2D eigenvalue weighted by Crippen LogP contribution is 2.34. The van der Waals surface area contributed by atoms with Crippen LogP contribution in [-0.4, -0.2) is 36.6 Å². The first-order chi connectivity index (χ1) is 16.7. The summed E-state index contributed by atoms with van der Waals surface area (Å²) in [6.45, 7) is 9.21. The van der Waals surface area contributed by atoms with Gasteiger partial charge in [-0.15, -0.1) is 0 Å². The van der Waals surface area contributed by atoms with Gasteiger partial charge in [0.2, 0.25) is 0 Å². The van der Waals surface area contributed by atoms with E-state index >= 15 is 0 Å². The molecule has 0 spiro atoms. The molecule has 1 aromatic carbocycles. The number of nitrogens with one attached hydrogen (secondary N) is 2. The normalized spacial score (nSPS) is 15.2. The van der Waals surface area contributed by atoms with Gasteiger partial charge in [0.1, 0.15) is 16.5 Å². The van der Waals surface area contributed by atoms with Gasteiger partial charge in [0.15, 0.2) is 0 Å². The molecular weight excluding hydrogens is 500 g/mol. The highest BCUT2D eigenvalue weighted by molar-refractivity contribution is 7.93. The minimum Gasteiger partial charge on any atom is -0.280 e. The van der Waals surface area contributed by atoms with Crippen LogP contribution in [0.15, 0.2) is 46.3 Å². The third kappa shape index (κ3) is 5.70. The number of rotatable bonds is 7. The summed E-state index contributed by atoms with van der Waals surface area (Å²) < 4.78 is 59.2. The molecule has 0 aliphatic heterocycles. The smallest absolute Gasteiger partial charge is 0.265 e. The van der Waals surface area contributed by atoms with Crippen LogP contribution in [0, 0.1) is 13.8 Å². The van der Waals surface area contributed by atoms with Gasteiger partial charge >= 0.3 is 0 Å². The molecule has 10 nitrogen and oxygen atoms in total. The van der Waals surface area contributed by atoms with Gasteiger partial charge in [0.05, 0.1) is 16.6 Å². The molecule has 2 aromatic heterocycles. The Bertz CT molecular complexity index is 1450. The maximum absolute atomic E-state index is 13.4. The molecule has 1 aliphatic carbocycles. The second kappa shape index (κ2) is 9.47. The summed E-state index contributed by atoms with van der Waals surface area (Å²) in [4.78, 5) is 8.35.